The molecule has 1 fully saturated rings. The van der Waals surface area contributed by atoms with Crippen molar-refractivity contribution in [1.29, 1.82) is 0 Å². The molecule has 0 saturated carbocycles. The first-order valence-electron chi connectivity index (χ1n) is 9.09. The SMILES string of the molecule is Cc1ccc(S(=O)(=O)Oc2ccc3ccccc3c2/C=N/N=C2/NC(=O)CS2)cc1Cl. The fourth-order valence-electron chi connectivity index (χ4n) is 2.90. The fourth-order valence-corrected chi connectivity index (χ4v) is 4.75. The molecule has 1 aliphatic rings. The standard InChI is InChI=1S/C21H16ClN3O4S2/c1-13-6-8-15(10-18(13)22)31(27,28)29-19-9-7-14-4-2-3-5-16(14)17(19)11-23-25-21-24-20(26)12-30-21/h2-11H,12H2,1H3,(H,24,25,26)/b23-11+. The van der Waals surface area contributed by atoms with Crippen LogP contribution in [-0.4, -0.2) is 31.5 Å². The highest BCUT2D eigenvalue weighted by atomic mass is 35.5. The van der Waals surface area contributed by atoms with E-state index in [1.165, 1.54) is 30.1 Å². The molecule has 1 aliphatic heterocycles. The molecule has 7 nitrogen and oxygen atoms in total. The second kappa shape index (κ2) is 8.70. The number of rotatable bonds is 5. The predicted molar refractivity (Wildman–Crippen MR) is 124 cm³/mol. The van der Waals surface area contributed by atoms with Gasteiger partial charge < -0.3 is 9.50 Å². The first-order valence-corrected chi connectivity index (χ1v) is 11.9. The van der Waals surface area contributed by atoms with Crippen molar-refractivity contribution in [2.45, 2.75) is 11.8 Å². The number of nitrogens with zero attached hydrogens (tertiary/aromatic N) is 2. The minimum Gasteiger partial charge on any atom is -0.378 e. The molecule has 3 aromatic carbocycles. The zero-order valence-corrected chi connectivity index (χ0v) is 18.6. The van der Waals surface area contributed by atoms with Crippen molar-refractivity contribution < 1.29 is 17.4 Å². The number of amides is 1. The average molecular weight is 474 g/mol. The van der Waals surface area contributed by atoms with Crippen molar-refractivity contribution in [2.75, 3.05) is 5.75 Å². The topological polar surface area (TPSA) is 97.2 Å². The normalized spacial score (nSPS) is 15.7. The number of benzene rings is 3. The molecule has 0 radical (unpaired) electrons. The third kappa shape index (κ3) is 4.73. The minimum atomic E-state index is -4.13. The van der Waals surface area contributed by atoms with E-state index in [-0.39, 0.29) is 22.3 Å². The number of halogens is 1. The van der Waals surface area contributed by atoms with Gasteiger partial charge in [-0.2, -0.15) is 13.5 Å². The molecule has 0 spiro atoms. The predicted octanol–water partition coefficient (Wildman–Crippen LogP) is 4.12. The van der Waals surface area contributed by atoms with Crippen LogP contribution in [0.5, 0.6) is 5.75 Å². The van der Waals surface area contributed by atoms with Gasteiger partial charge in [-0.1, -0.05) is 59.8 Å². The van der Waals surface area contributed by atoms with Crippen LogP contribution >= 0.6 is 23.4 Å². The number of carbonyl (C=O) groups is 1. The Morgan fingerprint density at radius 3 is 2.71 bits per heavy atom. The average Bonchev–Trinajstić information content (AvgIpc) is 3.16. The number of thioether (sulfide) groups is 1. The summed E-state index contributed by atoms with van der Waals surface area (Å²) < 4.78 is 31.2. The van der Waals surface area contributed by atoms with Crippen molar-refractivity contribution >= 4 is 61.5 Å². The van der Waals surface area contributed by atoms with Crippen LogP contribution in [0.25, 0.3) is 10.8 Å². The van der Waals surface area contributed by atoms with Gasteiger partial charge in [0.15, 0.2) is 10.9 Å². The molecule has 3 aromatic rings. The van der Waals surface area contributed by atoms with E-state index in [1.54, 1.807) is 25.1 Å². The zero-order chi connectivity index (χ0) is 22.0. The van der Waals surface area contributed by atoms with E-state index in [0.29, 0.717) is 15.8 Å². The Labute approximate surface area is 188 Å². The van der Waals surface area contributed by atoms with Gasteiger partial charge in [-0.05, 0) is 41.5 Å². The molecule has 31 heavy (non-hydrogen) atoms. The van der Waals surface area contributed by atoms with Crippen molar-refractivity contribution in [1.82, 2.24) is 5.32 Å². The van der Waals surface area contributed by atoms with Gasteiger partial charge in [0, 0.05) is 10.6 Å². The molecule has 158 valence electrons. The van der Waals surface area contributed by atoms with Crippen LogP contribution < -0.4 is 9.50 Å². The Bertz CT molecular complexity index is 1350. The second-order valence-electron chi connectivity index (χ2n) is 6.63. The second-order valence-corrected chi connectivity index (χ2v) is 9.55. The number of amidine groups is 1. The largest absolute Gasteiger partial charge is 0.378 e. The van der Waals surface area contributed by atoms with Gasteiger partial charge in [0.1, 0.15) is 4.90 Å². The number of fused-ring (bicyclic) bond motifs is 1. The maximum atomic E-state index is 12.9. The van der Waals surface area contributed by atoms with Gasteiger partial charge in [-0.3, -0.25) is 4.79 Å². The maximum Gasteiger partial charge on any atom is 0.339 e. The lowest BCUT2D eigenvalue weighted by atomic mass is 10.0. The molecule has 1 saturated heterocycles. The lowest BCUT2D eigenvalue weighted by Gasteiger charge is -2.12. The van der Waals surface area contributed by atoms with E-state index in [1.807, 2.05) is 24.3 Å². The Balaban J connectivity index is 1.74. The van der Waals surface area contributed by atoms with Crippen LogP contribution in [0.3, 0.4) is 0 Å². The van der Waals surface area contributed by atoms with E-state index in [4.69, 9.17) is 15.8 Å². The van der Waals surface area contributed by atoms with E-state index >= 15 is 0 Å². The van der Waals surface area contributed by atoms with Crippen molar-refractivity contribution in [2.24, 2.45) is 10.2 Å². The summed E-state index contributed by atoms with van der Waals surface area (Å²) in [4.78, 5) is 11.2. The number of hydrogen-bond acceptors (Lipinski definition) is 7. The molecule has 1 amide bonds. The van der Waals surface area contributed by atoms with Gasteiger partial charge in [0.05, 0.1) is 12.0 Å². The summed E-state index contributed by atoms with van der Waals surface area (Å²) in [6.45, 7) is 1.78. The van der Waals surface area contributed by atoms with Crippen LogP contribution in [-0.2, 0) is 14.9 Å². The lowest BCUT2D eigenvalue weighted by Crippen LogP contribution is -2.19. The summed E-state index contributed by atoms with van der Waals surface area (Å²) >= 11 is 7.32. The Morgan fingerprint density at radius 2 is 1.97 bits per heavy atom. The third-order valence-corrected chi connectivity index (χ3v) is 6.99. The summed E-state index contributed by atoms with van der Waals surface area (Å²) in [7, 11) is -4.13. The summed E-state index contributed by atoms with van der Waals surface area (Å²) in [5, 5.41) is 12.9. The van der Waals surface area contributed by atoms with E-state index < -0.39 is 10.1 Å². The smallest absolute Gasteiger partial charge is 0.339 e. The first-order chi connectivity index (χ1) is 14.8. The van der Waals surface area contributed by atoms with Crippen LogP contribution in [0.2, 0.25) is 5.02 Å². The van der Waals surface area contributed by atoms with Gasteiger partial charge >= 0.3 is 10.1 Å². The van der Waals surface area contributed by atoms with Gasteiger partial charge in [-0.15, -0.1) is 5.10 Å². The Morgan fingerprint density at radius 1 is 1.16 bits per heavy atom. The van der Waals surface area contributed by atoms with Crippen molar-refractivity contribution in [3.05, 3.63) is 70.7 Å². The fraction of sp³-hybridized carbons (Fsp3) is 0.0952. The van der Waals surface area contributed by atoms with Gasteiger partial charge in [-0.25, -0.2) is 0 Å². The van der Waals surface area contributed by atoms with Crippen LogP contribution in [0.4, 0.5) is 0 Å². The van der Waals surface area contributed by atoms with Gasteiger partial charge in [0.25, 0.3) is 0 Å². The number of aryl methyl sites for hydroxylation is 1. The molecule has 0 unspecified atom stereocenters. The molecular formula is C21H16ClN3O4S2. The first kappa shape index (κ1) is 21.4. The Hall–Kier alpha value is -2.88. The molecule has 0 bridgehead atoms. The summed E-state index contributed by atoms with van der Waals surface area (Å²) in [5.41, 5.74) is 1.20. The van der Waals surface area contributed by atoms with E-state index in [0.717, 1.165) is 16.3 Å². The van der Waals surface area contributed by atoms with Crippen molar-refractivity contribution in [3.8, 4) is 5.75 Å². The van der Waals surface area contributed by atoms with Gasteiger partial charge in [0.2, 0.25) is 5.91 Å². The Kier molecular flexibility index (Phi) is 5.99. The number of hydrogen-bond donors (Lipinski definition) is 1. The molecule has 0 atom stereocenters. The summed E-state index contributed by atoms with van der Waals surface area (Å²) in [6, 6.07) is 15.2. The molecule has 1 heterocycles. The summed E-state index contributed by atoms with van der Waals surface area (Å²) in [5.74, 6) is 0.243. The highest BCUT2D eigenvalue weighted by molar-refractivity contribution is 8.15. The summed E-state index contributed by atoms with van der Waals surface area (Å²) in [6.07, 6.45) is 1.41. The molecule has 10 heteroatoms. The highest BCUT2D eigenvalue weighted by Gasteiger charge is 2.20. The third-order valence-electron chi connectivity index (χ3n) is 4.48. The molecule has 1 N–H and O–H groups in total. The number of carbonyl (C=O) groups excluding carboxylic acids is 1. The van der Waals surface area contributed by atoms with Crippen LogP contribution in [0, 0.1) is 6.92 Å². The molecular weight excluding hydrogens is 458 g/mol. The lowest BCUT2D eigenvalue weighted by molar-refractivity contribution is -0.116. The molecule has 0 aromatic heterocycles. The van der Waals surface area contributed by atoms with Crippen LogP contribution in [0.15, 0.2) is 69.7 Å². The maximum absolute atomic E-state index is 12.9. The molecule has 4 rings (SSSR count). The molecule has 0 aliphatic carbocycles. The highest BCUT2D eigenvalue weighted by Crippen LogP contribution is 2.30. The number of nitrogens with one attached hydrogen (secondary N) is 1. The monoisotopic (exact) mass is 473 g/mol. The van der Waals surface area contributed by atoms with E-state index in [9.17, 15) is 13.2 Å². The van der Waals surface area contributed by atoms with Crippen LogP contribution in [0.1, 0.15) is 11.1 Å². The minimum absolute atomic E-state index is 0.0514. The van der Waals surface area contributed by atoms with Crippen molar-refractivity contribution in [3.63, 3.8) is 0 Å². The zero-order valence-electron chi connectivity index (χ0n) is 16.2. The van der Waals surface area contributed by atoms with E-state index in [2.05, 4.69) is 15.5 Å². The quantitative estimate of drug-likeness (QED) is 0.341.